The van der Waals surface area contributed by atoms with Gasteiger partial charge in [-0.1, -0.05) is 0 Å². The molecule has 2 unspecified atom stereocenters. The molecule has 94 valence electrons. The minimum Gasteiger partial charge on any atom is -0.335 e. The Balaban J connectivity index is 1.86. The summed E-state index contributed by atoms with van der Waals surface area (Å²) in [6, 6.07) is 0.199. The van der Waals surface area contributed by atoms with E-state index in [0.717, 1.165) is 30.9 Å². The van der Waals surface area contributed by atoms with Crippen LogP contribution < -0.4 is 5.73 Å². The van der Waals surface area contributed by atoms with Gasteiger partial charge in [0.1, 0.15) is 5.82 Å². The maximum absolute atomic E-state index is 11.5. The van der Waals surface area contributed by atoms with E-state index in [1.807, 2.05) is 6.20 Å². The number of rotatable bonds is 1. The molecule has 0 aliphatic carbocycles. The average Bonchev–Trinajstić information content (AvgIpc) is 2.80. The third-order valence-corrected chi connectivity index (χ3v) is 5.48. The molecule has 2 atom stereocenters. The zero-order chi connectivity index (χ0) is 12.0. The lowest BCUT2D eigenvalue weighted by Gasteiger charge is -2.18. The van der Waals surface area contributed by atoms with Crippen molar-refractivity contribution >= 4 is 9.84 Å². The standard InChI is InChI=1S/C11H17N3O2S/c12-9-1-3-14-6-10(13-11(14)5-9)8-2-4-17(15,16)7-8/h6,8-9H,1-5,7,12H2. The summed E-state index contributed by atoms with van der Waals surface area (Å²) >= 11 is 0. The van der Waals surface area contributed by atoms with Crippen LogP contribution in [0.25, 0.3) is 0 Å². The molecule has 1 aromatic rings. The van der Waals surface area contributed by atoms with Crippen LogP contribution in [0, 0.1) is 0 Å². The monoisotopic (exact) mass is 255 g/mol. The van der Waals surface area contributed by atoms with Crippen molar-refractivity contribution in [1.82, 2.24) is 9.55 Å². The van der Waals surface area contributed by atoms with Crippen molar-refractivity contribution in [3.05, 3.63) is 17.7 Å². The summed E-state index contributed by atoms with van der Waals surface area (Å²) in [5.41, 5.74) is 6.85. The third kappa shape index (κ3) is 2.11. The second-order valence-corrected chi connectivity index (χ2v) is 7.36. The number of aromatic nitrogens is 2. The zero-order valence-corrected chi connectivity index (χ0v) is 10.5. The maximum Gasteiger partial charge on any atom is 0.151 e. The predicted molar refractivity (Wildman–Crippen MR) is 64.5 cm³/mol. The first-order valence-electron chi connectivity index (χ1n) is 6.05. The minimum absolute atomic E-state index is 0.0920. The second kappa shape index (κ2) is 3.81. The smallest absolute Gasteiger partial charge is 0.151 e. The Labute approximate surface area is 101 Å². The molecule has 0 amide bonds. The first kappa shape index (κ1) is 11.2. The van der Waals surface area contributed by atoms with Crippen LogP contribution in [-0.4, -0.2) is 35.5 Å². The first-order valence-corrected chi connectivity index (χ1v) is 7.87. The fraction of sp³-hybridized carbons (Fsp3) is 0.727. The molecule has 0 radical (unpaired) electrons. The van der Waals surface area contributed by atoms with Crippen molar-refractivity contribution in [3.8, 4) is 0 Å². The molecule has 6 heteroatoms. The van der Waals surface area contributed by atoms with Crippen molar-refractivity contribution in [2.45, 2.75) is 37.8 Å². The highest BCUT2D eigenvalue weighted by Gasteiger charge is 2.31. The van der Waals surface area contributed by atoms with Gasteiger partial charge in [-0.15, -0.1) is 0 Å². The van der Waals surface area contributed by atoms with Gasteiger partial charge in [0, 0.05) is 31.1 Å². The summed E-state index contributed by atoms with van der Waals surface area (Å²) in [6.07, 6.45) is 4.52. The van der Waals surface area contributed by atoms with Crippen molar-refractivity contribution in [3.63, 3.8) is 0 Å². The van der Waals surface area contributed by atoms with Gasteiger partial charge in [0.05, 0.1) is 17.2 Å². The number of hydrogen-bond acceptors (Lipinski definition) is 4. The quantitative estimate of drug-likeness (QED) is 0.769. The van der Waals surface area contributed by atoms with Crippen LogP contribution in [-0.2, 0) is 22.8 Å². The lowest BCUT2D eigenvalue weighted by atomic mass is 10.1. The molecule has 3 heterocycles. The molecule has 2 N–H and O–H groups in total. The number of fused-ring (bicyclic) bond motifs is 1. The Morgan fingerprint density at radius 2 is 2.24 bits per heavy atom. The summed E-state index contributed by atoms with van der Waals surface area (Å²) in [5, 5.41) is 0. The summed E-state index contributed by atoms with van der Waals surface area (Å²) in [7, 11) is -2.83. The third-order valence-electron chi connectivity index (χ3n) is 3.71. The van der Waals surface area contributed by atoms with Gasteiger partial charge < -0.3 is 10.3 Å². The van der Waals surface area contributed by atoms with Gasteiger partial charge in [0.25, 0.3) is 0 Å². The normalized spacial score (nSPS) is 31.4. The molecular formula is C11H17N3O2S. The fourth-order valence-electron chi connectivity index (χ4n) is 2.70. The molecule has 17 heavy (non-hydrogen) atoms. The lowest BCUT2D eigenvalue weighted by Crippen LogP contribution is -2.30. The van der Waals surface area contributed by atoms with Crippen molar-refractivity contribution in [1.29, 1.82) is 0 Å². The SMILES string of the molecule is NC1CCn2cc(C3CCS(=O)(=O)C3)nc2C1. The van der Waals surface area contributed by atoms with E-state index in [1.165, 1.54) is 0 Å². The minimum atomic E-state index is -2.83. The van der Waals surface area contributed by atoms with Crippen LogP contribution in [0.15, 0.2) is 6.20 Å². The van der Waals surface area contributed by atoms with E-state index in [4.69, 9.17) is 5.73 Å². The molecule has 3 rings (SSSR count). The number of hydrogen-bond donors (Lipinski definition) is 1. The summed E-state index contributed by atoms with van der Waals surface area (Å²) in [5.74, 6) is 1.67. The number of aryl methyl sites for hydroxylation is 1. The van der Waals surface area contributed by atoms with Gasteiger partial charge in [-0.05, 0) is 12.8 Å². The highest BCUT2D eigenvalue weighted by Crippen LogP contribution is 2.29. The van der Waals surface area contributed by atoms with Crippen molar-refractivity contribution in [2.24, 2.45) is 5.73 Å². The number of nitrogens with two attached hydrogens (primary N) is 1. The van der Waals surface area contributed by atoms with Crippen LogP contribution in [0.1, 0.15) is 30.3 Å². The molecule has 2 aliphatic rings. The highest BCUT2D eigenvalue weighted by molar-refractivity contribution is 7.91. The molecule has 1 saturated heterocycles. The second-order valence-electron chi connectivity index (χ2n) is 5.13. The van der Waals surface area contributed by atoms with E-state index in [2.05, 4.69) is 9.55 Å². The van der Waals surface area contributed by atoms with E-state index < -0.39 is 9.84 Å². The van der Waals surface area contributed by atoms with Crippen LogP contribution in [0.4, 0.5) is 0 Å². The average molecular weight is 255 g/mol. The van der Waals surface area contributed by atoms with Gasteiger partial charge in [-0.3, -0.25) is 0 Å². The molecule has 5 nitrogen and oxygen atoms in total. The van der Waals surface area contributed by atoms with Crippen molar-refractivity contribution < 1.29 is 8.42 Å². The number of sulfone groups is 1. The van der Waals surface area contributed by atoms with E-state index in [1.54, 1.807) is 0 Å². The van der Waals surface area contributed by atoms with Gasteiger partial charge in [0.15, 0.2) is 9.84 Å². The Hall–Kier alpha value is -0.880. The Morgan fingerprint density at radius 3 is 2.94 bits per heavy atom. The molecule has 0 bridgehead atoms. The van der Waals surface area contributed by atoms with Crippen LogP contribution in [0.5, 0.6) is 0 Å². The van der Waals surface area contributed by atoms with E-state index in [9.17, 15) is 8.42 Å². The first-order chi connectivity index (χ1) is 8.03. The Morgan fingerprint density at radius 1 is 1.41 bits per heavy atom. The predicted octanol–water partition coefficient (Wildman–Crippen LogP) is 0.0587. The molecule has 0 aromatic carbocycles. The molecule has 1 fully saturated rings. The highest BCUT2D eigenvalue weighted by atomic mass is 32.2. The fourth-order valence-corrected chi connectivity index (χ4v) is 4.46. The van der Waals surface area contributed by atoms with Crippen LogP contribution in [0.2, 0.25) is 0 Å². The lowest BCUT2D eigenvalue weighted by molar-refractivity contribution is 0.463. The summed E-state index contributed by atoms with van der Waals surface area (Å²) in [4.78, 5) is 4.57. The van der Waals surface area contributed by atoms with Crippen LogP contribution >= 0.6 is 0 Å². The van der Waals surface area contributed by atoms with Crippen molar-refractivity contribution in [2.75, 3.05) is 11.5 Å². The van der Waals surface area contributed by atoms with Gasteiger partial charge >= 0.3 is 0 Å². The Bertz CT molecular complexity index is 535. The van der Waals surface area contributed by atoms with Gasteiger partial charge in [0.2, 0.25) is 0 Å². The molecular weight excluding hydrogens is 238 g/mol. The van der Waals surface area contributed by atoms with Crippen LogP contribution in [0.3, 0.4) is 0 Å². The van der Waals surface area contributed by atoms with E-state index in [-0.39, 0.29) is 17.7 Å². The largest absolute Gasteiger partial charge is 0.335 e. The topological polar surface area (TPSA) is 78.0 Å². The Kier molecular flexibility index (Phi) is 2.52. The molecule has 0 spiro atoms. The number of imidazole rings is 1. The number of nitrogens with zero attached hydrogens (tertiary/aromatic N) is 2. The zero-order valence-electron chi connectivity index (χ0n) is 9.67. The molecule has 0 saturated carbocycles. The van der Waals surface area contributed by atoms with Gasteiger partial charge in [-0.2, -0.15) is 0 Å². The molecule has 1 aromatic heterocycles. The summed E-state index contributed by atoms with van der Waals surface area (Å²) < 4.78 is 25.0. The van der Waals surface area contributed by atoms with E-state index >= 15 is 0 Å². The van der Waals surface area contributed by atoms with E-state index in [0.29, 0.717) is 12.2 Å². The molecule has 2 aliphatic heterocycles. The van der Waals surface area contributed by atoms with Gasteiger partial charge in [-0.25, -0.2) is 13.4 Å². The summed E-state index contributed by atoms with van der Waals surface area (Å²) in [6.45, 7) is 0.906. The maximum atomic E-state index is 11.5.